The third-order valence-corrected chi connectivity index (χ3v) is 6.79. The number of hydrogen-bond donors (Lipinski definition) is 3. The summed E-state index contributed by atoms with van der Waals surface area (Å²) in [6, 6.07) is 0. The zero-order valence-electron chi connectivity index (χ0n) is 22.6. The number of ether oxygens (including phenoxy) is 3. The summed E-state index contributed by atoms with van der Waals surface area (Å²) in [6.07, 6.45) is 7.56. The molecule has 1 aliphatic rings. The maximum absolute atomic E-state index is 13.0. The number of methoxy groups -OCH3 is 2. The van der Waals surface area contributed by atoms with Gasteiger partial charge in [0.1, 0.15) is 12.2 Å². The van der Waals surface area contributed by atoms with Crippen molar-refractivity contribution < 1.29 is 34.3 Å². The first-order chi connectivity index (χ1) is 16.5. The van der Waals surface area contributed by atoms with Crippen LogP contribution in [0.5, 0.6) is 0 Å². The fraction of sp³-hybridized carbons (Fsp3) is 0.679. The van der Waals surface area contributed by atoms with Crippen molar-refractivity contribution in [3.8, 4) is 0 Å². The molecule has 7 nitrogen and oxygen atoms in total. The molecule has 1 heterocycles. The van der Waals surface area contributed by atoms with Gasteiger partial charge in [0.2, 0.25) is 5.76 Å². The van der Waals surface area contributed by atoms with Crippen molar-refractivity contribution in [1.29, 1.82) is 0 Å². The molecule has 200 valence electrons. The van der Waals surface area contributed by atoms with E-state index in [-0.39, 0.29) is 36.0 Å². The van der Waals surface area contributed by atoms with Crippen molar-refractivity contribution in [3.05, 3.63) is 47.3 Å². The van der Waals surface area contributed by atoms with Gasteiger partial charge in [0.15, 0.2) is 0 Å². The first-order valence-electron chi connectivity index (χ1n) is 12.5. The maximum Gasteiger partial charge on any atom is 0.373 e. The summed E-state index contributed by atoms with van der Waals surface area (Å²) in [7, 11) is 2.92. The number of aliphatic hydroxyl groups is 3. The fourth-order valence-electron chi connectivity index (χ4n) is 4.61. The van der Waals surface area contributed by atoms with Crippen molar-refractivity contribution in [3.63, 3.8) is 0 Å². The van der Waals surface area contributed by atoms with E-state index >= 15 is 0 Å². The minimum Gasteiger partial charge on any atom is -0.490 e. The van der Waals surface area contributed by atoms with E-state index in [0.717, 1.165) is 11.1 Å². The van der Waals surface area contributed by atoms with Gasteiger partial charge in [-0.05, 0) is 38.7 Å². The number of aliphatic hydroxyl groups excluding tert-OH is 3. The van der Waals surface area contributed by atoms with Gasteiger partial charge in [0.25, 0.3) is 0 Å². The van der Waals surface area contributed by atoms with Gasteiger partial charge in [-0.1, -0.05) is 63.1 Å². The third kappa shape index (κ3) is 9.22. The van der Waals surface area contributed by atoms with E-state index in [0.29, 0.717) is 12.8 Å². The highest BCUT2D eigenvalue weighted by Crippen LogP contribution is 2.29. The van der Waals surface area contributed by atoms with E-state index in [9.17, 15) is 20.1 Å². The van der Waals surface area contributed by atoms with Crippen molar-refractivity contribution >= 4 is 5.97 Å². The number of carbonyl (C=O) groups is 1. The number of allylic oxidation sites excluding steroid dienone is 5. The van der Waals surface area contributed by atoms with E-state index in [1.165, 1.54) is 14.2 Å². The van der Waals surface area contributed by atoms with Crippen LogP contribution in [0, 0.1) is 23.7 Å². The summed E-state index contributed by atoms with van der Waals surface area (Å²) in [5.41, 5.74) is 1.78. The number of rotatable bonds is 5. The molecule has 0 aliphatic carbocycles. The van der Waals surface area contributed by atoms with E-state index in [2.05, 4.69) is 0 Å². The van der Waals surface area contributed by atoms with E-state index < -0.39 is 30.4 Å². The van der Waals surface area contributed by atoms with Crippen LogP contribution < -0.4 is 0 Å². The second-order valence-electron chi connectivity index (χ2n) is 9.85. The molecule has 8 atom stereocenters. The average Bonchev–Trinajstić information content (AvgIpc) is 2.82. The second kappa shape index (κ2) is 15.2. The summed E-state index contributed by atoms with van der Waals surface area (Å²) in [5.74, 6) is -1.64. The van der Waals surface area contributed by atoms with Crippen LogP contribution in [-0.4, -0.2) is 66.5 Å². The Labute approximate surface area is 211 Å². The van der Waals surface area contributed by atoms with Crippen molar-refractivity contribution in [1.82, 2.24) is 0 Å². The zero-order chi connectivity index (χ0) is 26.7. The van der Waals surface area contributed by atoms with Gasteiger partial charge in [0, 0.05) is 31.5 Å². The SMILES string of the molecule is CCC1[C@@H](O)[C@H](C)C/C(C)=C/C=C/[C@H](OC)C([C@@H](C)CO)OC(=O)/C(OC)=C/C(C)=C/[C@@H](C)[C@H]1O. The minimum atomic E-state index is -0.751. The van der Waals surface area contributed by atoms with Crippen molar-refractivity contribution in [2.24, 2.45) is 23.7 Å². The lowest BCUT2D eigenvalue weighted by molar-refractivity contribution is -0.158. The van der Waals surface area contributed by atoms with Crippen LogP contribution in [0.4, 0.5) is 0 Å². The summed E-state index contributed by atoms with van der Waals surface area (Å²) >= 11 is 0. The molecule has 3 N–H and O–H groups in total. The molecule has 0 saturated heterocycles. The molecule has 0 aromatic heterocycles. The first-order valence-corrected chi connectivity index (χ1v) is 12.5. The largest absolute Gasteiger partial charge is 0.490 e. The summed E-state index contributed by atoms with van der Waals surface area (Å²) in [5, 5.41) is 31.9. The fourth-order valence-corrected chi connectivity index (χ4v) is 4.61. The van der Waals surface area contributed by atoms with E-state index in [4.69, 9.17) is 14.2 Å². The van der Waals surface area contributed by atoms with Crippen LogP contribution in [0.1, 0.15) is 54.4 Å². The predicted molar refractivity (Wildman–Crippen MR) is 137 cm³/mol. The first kappa shape index (κ1) is 31.1. The average molecular weight is 495 g/mol. The monoisotopic (exact) mass is 494 g/mol. The molecule has 1 aliphatic heterocycles. The van der Waals surface area contributed by atoms with E-state index in [1.807, 2.05) is 52.8 Å². The van der Waals surface area contributed by atoms with Gasteiger partial charge in [-0.15, -0.1) is 0 Å². The van der Waals surface area contributed by atoms with Crippen LogP contribution in [0.15, 0.2) is 47.3 Å². The van der Waals surface area contributed by atoms with Crippen LogP contribution in [0.25, 0.3) is 0 Å². The Morgan fingerprint density at radius 1 is 1.17 bits per heavy atom. The number of carbonyl (C=O) groups excluding carboxylic acids is 1. The van der Waals surface area contributed by atoms with Crippen molar-refractivity contribution in [2.45, 2.75) is 78.8 Å². The van der Waals surface area contributed by atoms with Crippen LogP contribution in [-0.2, 0) is 19.0 Å². The molecule has 0 saturated carbocycles. The Morgan fingerprint density at radius 3 is 2.37 bits per heavy atom. The van der Waals surface area contributed by atoms with Crippen LogP contribution in [0.2, 0.25) is 0 Å². The highest BCUT2D eigenvalue weighted by molar-refractivity contribution is 5.87. The Morgan fingerprint density at radius 2 is 1.83 bits per heavy atom. The number of hydrogen-bond acceptors (Lipinski definition) is 7. The van der Waals surface area contributed by atoms with Gasteiger partial charge < -0.3 is 29.5 Å². The third-order valence-electron chi connectivity index (χ3n) is 6.79. The Hall–Kier alpha value is -1.93. The number of cyclic esters (lactones) is 1. The minimum absolute atomic E-state index is 0.00645. The summed E-state index contributed by atoms with van der Waals surface area (Å²) < 4.78 is 16.6. The molecule has 0 radical (unpaired) electrons. The molecule has 7 heteroatoms. The molecule has 0 aromatic carbocycles. The van der Waals surface area contributed by atoms with Crippen molar-refractivity contribution in [2.75, 3.05) is 20.8 Å². The molecular formula is C28H46O7. The lowest BCUT2D eigenvalue weighted by atomic mass is 9.79. The predicted octanol–water partition coefficient (Wildman–Crippen LogP) is 3.94. The molecule has 1 rings (SSSR count). The molecule has 0 aromatic rings. The Kier molecular flexibility index (Phi) is 13.5. The standard InChI is InChI=1S/C28H46O7/c1-9-22-25(30)19(4)13-17(2)11-10-12-23(33-7)27(21(6)16-29)35-28(32)24(34-8)15-18(3)14-20(5)26(22)31/h10-12,14-15,19-23,25-27,29-31H,9,13,16H2,1-8H3/b12-10+,17-11+,18-14+,24-15-/t19-,20-,21+,22?,23+,25+,26-,27?/m1/s1. The molecule has 0 amide bonds. The van der Waals surface area contributed by atoms with Gasteiger partial charge >= 0.3 is 5.97 Å². The number of esters is 1. The molecule has 0 bridgehead atoms. The highest BCUT2D eigenvalue weighted by atomic mass is 16.6. The van der Waals surface area contributed by atoms with Gasteiger partial charge in [-0.3, -0.25) is 0 Å². The maximum atomic E-state index is 13.0. The lowest BCUT2D eigenvalue weighted by Crippen LogP contribution is -2.39. The van der Waals surface area contributed by atoms with Crippen LogP contribution in [0.3, 0.4) is 0 Å². The van der Waals surface area contributed by atoms with E-state index in [1.54, 1.807) is 19.1 Å². The topological polar surface area (TPSA) is 105 Å². The summed E-state index contributed by atoms with van der Waals surface area (Å²) in [4.78, 5) is 13.0. The molecular weight excluding hydrogens is 448 g/mol. The molecule has 2 unspecified atom stereocenters. The normalized spacial score (nSPS) is 38.3. The smallest absolute Gasteiger partial charge is 0.373 e. The molecule has 35 heavy (non-hydrogen) atoms. The van der Waals surface area contributed by atoms with Gasteiger partial charge in [-0.2, -0.15) is 0 Å². The molecule has 0 fully saturated rings. The Bertz CT molecular complexity index is 782. The van der Waals surface area contributed by atoms with Gasteiger partial charge in [0.05, 0.1) is 19.3 Å². The lowest BCUT2D eigenvalue weighted by Gasteiger charge is -2.33. The highest BCUT2D eigenvalue weighted by Gasteiger charge is 2.33. The molecule has 0 spiro atoms. The summed E-state index contributed by atoms with van der Waals surface area (Å²) in [6.45, 7) is 11.3. The second-order valence-corrected chi connectivity index (χ2v) is 9.85. The van der Waals surface area contributed by atoms with Crippen LogP contribution >= 0.6 is 0 Å². The Balaban J connectivity index is 3.52. The zero-order valence-corrected chi connectivity index (χ0v) is 22.6. The quantitative estimate of drug-likeness (QED) is 0.497. The van der Waals surface area contributed by atoms with Gasteiger partial charge in [-0.25, -0.2) is 4.79 Å².